The first kappa shape index (κ1) is 18.6. The molecule has 0 spiro atoms. The molecule has 2 atom stereocenters. The summed E-state index contributed by atoms with van der Waals surface area (Å²) in [7, 11) is 0. The smallest absolute Gasteiger partial charge is 0.0917 e. The van der Waals surface area contributed by atoms with Crippen LogP contribution in [0.4, 0.5) is 0 Å². The van der Waals surface area contributed by atoms with Gasteiger partial charge in [0.25, 0.3) is 0 Å². The van der Waals surface area contributed by atoms with Crippen LogP contribution in [0.1, 0.15) is 28.2 Å². The predicted molar refractivity (Wildman–Crippen MR) is 107 cm³/mol. The molecule has 1 aliphatic heterocycles. The molecule has 0 unspecified atom stereocenters. The van der Waals surface area contributed by atoms with Gasteiger partial charge >= 0.3 is 0 Å². The van der Waals surface area contributed by atoms with Crippen molar-refractivity contribution in [2.45, 2.75) is 19.8 Å². The molecule has 2 aromatic carbocycles. The monoisotopic (exact) mass is 350 g/mol. The molecular formula is C22H28N3O. The van der Waals surface area contributed by atoms with Gasteiger partial charge in [0.05, 0.1) is 5.71 Å². The van der Waals surface area contributed by atoms with E-state index in [-0.39, 0.29) is 11.8 Å². The van der Waals surface area contributed by atoms with Crippen molar-refractivity contribution < 1.29 is 5.21 Å². The molecule has 3 rings (SSSR count). The second-order valence-electron chi connectivity index (χ2n) is 7.06. The number of piperidine rings is 1. The van der Waals surface area contributed by atoms with Gasteiger partial charge in [0.1, 0.15) is 0 Å². The first-order valence-electron chi connectivity index (χ1n) is 9.25. The molecule has 4 nitrogen and oxygen atoms in total. The lowest BCUT2D eigenvalue weighted by Gasteiger charge is -2.39. The number of oxime groups is 1. The second-order valence-corrected chi connectivity index (χ2v) is 7.06. The average molecular weight is 350 g/mol. The molecular weight excluding hydrogens is 322 g/mol. The van der Waals surface area contributed by atoms with Gasteiger partial charge in [-0.25, -0.2) is 0 Å². The van der Waals surface area contributed by atoms with Crippen LogP contribution < -0.4 is 5.73 Å². The van der Waals surface area contributed by atoms with E-state index in [2.05, 4.69) is 48.5 Å². The maximum atomic E-state index is 9.87. The highest BCUT2D eigenvalue weighted by Crippen LogP contribution is 2.37. The van der Waals surface area contributed by atoms with Crippen LogP contribution >= 0.6 is 0 Å². The maximum absolute atomic E-state index is 9.87. The zero-order valence-electron chi connectivity index (χ0n) is 15.6. The van der Waals surface area contributed by atoms with E-state index in [9.17, 15) is 5.21 Å². The molecule has 1 fully saturated rings. The number of likely N-dealkylation sites (tertiary alicyclic amines) is 1. The molecule has 0 amide bonds. The zero-order valence-corrected chi connectivity index (χ0v) is 15.6. The Morgan fingerprint density at radius 3 is 2.62 bits per heavy atom. The zero-order chi connectivity index (χ0) is 18.5. The van der Waals surface area contributed by atoms with Crippen molar-refractivity contribution in [2.24, 2.45) is 16.8 Å². The summed E-state index contributed by atoms with van der Waals surface area (Å²) in [5.74, 6) is 0.304. The minimum Gasteiger partial charge on any atom is -0.411 e. The number of nitrogens with zero attached hydrogens (tertiary/aromatic N) is 2. The largest absolute Gasteiger partial charge is 0.411 e. The van der Waals surface area contributed by atoms with E-state index in [1.54, 1.807) is 0 Å². The van der Waals surface area contributed by atoms with E-state index in [1.807, 2.05) is 30.3 Å². The van der Waals surface area contributed by atoms with Crippen LogP contribution in [0.15, 0.2) is 53.7 Å². The Morgan fingerprint density at radius 1 is 1.15 bits per heavy atom. The highest BCUT2D eigenvalue weighted by Gasteiger charge is 2.35. The van der Waals surface area contributed by atoms with E-state index < -0.39 is 0 Å². The number of hydrogen-bond donors (Lipinski definition) is 2. The van der Waals surface area contributed by atoms with Gasteiger partial charge < -0.3 is 15.8 Å². The summed E-state index contributed by atoms with van der Waals surface area (Å²) in [6.07, 6.45) is 2.35. The Bertz CT molecular complexity index is 757. The van der Waals surface area contributed by atoms with Crippen molar-refractivity contribution in [3.05, 3.63) is 77.2 Å². The molecule has 0 bridgehead atoms. The molecule has 2 aromatic rings. The predicted octanol–water partition coefficient (Wildman–Crippen LogP) is 3.36. The van der Waals surface area contributed by atoms with Gasteiger partial charge in [-0.3, -0.25) is 0 Å². The lowest BCUT2D eigenvalue weighted by Crippen LogP contribution is -2.45. The molecule has 1 aliphatic rings. The summed E-state index contributed by atoms with van der Waals surface area (Å²) in [6.45, 7) is 7.54. The van der Waals surface area contributed by atoms with Gasteiger partial charge in [-0.1, -0.05) is 53.7 Å². The maximum Gasteiger partial charge on any atom is 0.0917 e. The second kappa shape index (κ2) is 8.47. The highest BCUT2D eigenvalue weighted by molar-refractivity contribution is 6.02. The first-order chi connectivity index (χ1) is 12.7. The minimum atomic E-state index is 0.0863. The summed E-state index contributed by atoms with van der Waals surface area (Å²) in [6, 6.07) is 16.4. The molecule has 0 aromatic heterocycles. The van der Waals surface area contributed by atoms with Crippen molar-refractivity contribution in [3.63, 3.8) is 0 Å². The van der Waals surface area contributed by atoms with Crippen molar-refractivity contribution in [3.8, 4) is 0 Å². The molecule has 26 heavy (non-hydrogen) atoms. The van der Waals surface area contributed by atoms with Gasteiger partial charge in [0, 0.05) is 32.1 Å². The van der Waals surface area contributed by atoms with Crippen LogP contribution in [-0.2, 0) is 0 Å². The minimum absolute atomic E-state index is 0.0863. The van der Waals surface area contributed by atoms with E-state index in [0.29, 0.717) is 6.54 Å². The van der Waals surface area contributed by atoms with Crippen LogP contribution in [0.2, 0.25) is 0 Å². The van der Waals surface area contributed by atoms with E-state index in [0.717, 1.165) is 30.9 Å². The Kier molecular flexibility index (Phi) is 6.07. The fraction of sp³-hybridized carbons (Fsp3) is 0.364. The third-order valence-corrected chi connectivity index (χ3v) is 5.49. The molecule has 0 aliphatic carbocycles. The third-order valence-electron chi connectivity index (χ3n) is 5.49. The average Bonchev–Trinajstić information content (AvgIpc) is 2.66. The fourth-order valence-corrected chi connectivity index (χ4v) is 3.95. The lowest BCUT2D eigenvalue weighted by atomic mass is 9.74. The molecule has 1 radical (unpaired) electrons. The number of rotatable bonds is 5. The standard InChI is InChI=1S/C22H28N3O/c1-16-7-6-10-19(17(16)2)20-11-13-25(14-12-23)15-21(20)22(24-26)18-8-4-3-5-9-18/h3-11,20-21,26H,12-15,23H2,1-2H3/b24-22-/t20-,21+/m1/s1. The SMILES string of the molecule is Cc1cccc([C@H]2[CH]CN(CCN)C[C@@H]2/C(=N\O)c2ccccc2)c1C. The summed E-state index contributed by atoms with van der Waals surface area (Å²) in [5, 5.41) is 13.6. The number of benzene rings is 2. The summed E-state index contributed by atoms with van der Waals surface area (Å²) < 4.78 is 0. The molecule has 0 saturated carbocycles. The fourth-order valence-electron chi connectivity index (χ4n) is 3.95. The Morgan fingerprint density at radius 2 is 1.92 bits per heavy atom. The van der Waals surface area contributed by atoms with Crippen LogP contribution in [0.25, 0.3) is 0 Å². The summed E-state index contributed by atoms with van der Waals surface area (Å²) in [5.41, 5.74) is 11.4. The Labute approximate surface area is 156 Å². The lowest BCUT2D eigenvalue weighted by molar-refractivity contribution is 0.224. The normalized spacial score (nSPS) is 21.7. The van der Waals surface area contributed by atoms with Crippen molar-refractivity contribution >= 4 is 5.71 Å². The van der Waals surface area contributed by atoms with Crippen molar-refractivity contribution in [2.75, 3.05) is 26.2 Å². The topological polar surface area (TPSA) is 61.8 Å². The molecule has 1 heterocycles. The molecule has 4 heteroatoms. The van der Waals surface area contributed by atoms with Gasteiger partial charge in [0.15, 0.2) is 0 Å². The molecule has 3 N–H and O–H groups in total. The van der Waals surface area contributed by atoms with Gasteiger partial charge in [-0.2, -0.15) is 0 Å². The number of hydrogen-bond acceptors (Lipinski definition) is 4. The van der Waals surface area contributed by atoms with E-state index in [1.165, 1.54) is 16.7 Å². The summed E-state index contributed by atoms with van der Waals surface area (Å²) >= 11 is 0. The van der Waals surface area contributed by atoms with Crippen molar-refractivity contribution in [1.29, 1.82) is 0 Å². The highest BCUT2D eigenvalue weighted by atomic mass is 16.4. The van der Waals surface area contributed by atoms with Gasteiger partial charge in [-0.05, 0) is 48.4 Å². The van der Waals surface area contributed by atoms with Crippen LogP contribution in [0.5, 0.6) is 0 Å². The number of nitrogens with two attached hydrogens (primary N) is 1. The van der Waals surface area contributed by atoms with E-state index >= 15 is 0 Å². The molecule has 1 saturated heterocycles. The Hall–Kier alpha value is -2.17. The Balaban J connectivity index is 2.00. The van der Waals surface area contributed by atoms with E-state index in [4.69, 9.17) is 5.73 Å². The first-order valence-corrected chi connectivity index (χ1v) is 9.25. The van der Waals surface area contributed by atoms with Crippen LogP contribution in [0, 0.1) is 26.2 Å². The van der Waals surface area contributed by atoms with Crippen molar-refractivity contribution in [1.82, 2.24) is 4.90 Å². The van der Waals surface area contributed by atoms with Crippen LogP contribution in [-0.4, -0.2) is 42.0 Å². The van der Waals surface area contributed by atoms with Gasteiger partial charge in [-0.15, -0.1) is 0 Å². The van der Waals surface area contributed by atoms with Crippen LogP contribution in [0.3, 0.4) is 0 Å². The molecule has 137 valence electrons. The number of aryl methyl sites for hydroxylation is 1. The summed E-state index contributed by atoms with van der Waals surface area (Å²) in [4.78, 5) is 2.33. The third kappa shape index (κ3) is 3.81. The quantitative estimate of drug-likeness (QED) is 0.494. The van der Waals surface area contributed by atoms with Gasteiger partial charge in [0.2, 0.25) is 0 Å².